The molecule has 142 valence electrons. The molecule has 2 unspecified atom stereocenters. The van der Waals surface area contributed by atoms with Crippen LogP contribution in [0.3, 0.4) is 0 Å². The zero-order chi connectivity index (χ0) is 19.1. The van der Waals surface area contributed by atoms with Gasteiger partial charge in [-0.25, -0.2) is 0 Å². The van der Waals surface area contributed by atoms with Crippen molar-refractivity contribution in [2.75, 3.05) is 13.1 Å². The van der Waals surface area contributed by atoms with Crippen LogP contribution in [0.5, 0.6) is 0 Å². The number of aliphatic carboxylic acids is 1. The largest absolute Gasteiger partial charge is 0.481 e. The Kier molecular flexibility index (Phi) is 4.75. The fraction of sp³-hybridized carbons (Fsp3) is 0.579. The number of carboxylic acids is 1. The van der Waals surface area contributed by atoms with Gasteiger partial charge in [-0.15, -0.1) is 0 Å². The lowest BCUT2D eigenvalue weighted by Gasteiger charge is -2.35. The Morgan fingerprint density at radius 3 is 2.46 bits per heavy atom. The van der Waals surface area contributed by atoms with Gasteiger partial charge in [0.1, 0.15) is 0 Å². The lowest BCUT2D eigenvalue weighted by Crippen LogP contribution is -2.42. The van der Waals surface area contributed by atoms with Gasteiger partial charge in [0.25, 0.3) is 0 Å². The average molecular weight is 369 g/mol. The van der Waals surface area contributed by atoms with Crippen LogP contribution in [-0.4, -0.2) is 35.0 Å². The highest BCUT2D eigenvalue weighted by Gasteiger charge is 2.59. The van der Waals surface area contributed by atoms with Crippen molar-refractivity contribution in [3.05, 3.63) is 35.4 Å². The monoisotopic (exact) mass is 369 g/mol. The lowest BCUT2D eigenvalue weighted by atomic mass is 9.88. The molecule has 1 aromatic carbocycles. The number of alkyl halides is 3. The van der Waals surface area contributed by atoms with Crippen LogP contribution in [0.25, 0.3) is 0 Å². The SMILES string of the molecule is CCC(C(=O)N1CCC2(CC1)CC2C(=O)O)c1cccc(C(F)(F)F)c1. The highest BCUT2D eigenvalue weighted by atomic mass is 19.4. The standard InChI is InChI=1S/C19H22F3NO3/c1-2-14(12-4-3-5-13(10-12)19(20,21)22)16(24)23-8-6-18(7-9-23)11-15(18)17(25)26/h3-5,10,14-15H,2,6-9,11H2,1H3,(H,25,26). The zero-order valence-electron chi connectivity index (χ0n) is 14.6. The summed E-state index contributed by atoms with van der Waals surface area (Å²) in [5.41, 5.74) is -0.552. The first kappa shape index (κ1) is 18.7. The smallest absolute Gasteiger partial charge is 0.416 e. The summed E-state index contributed by atoms with van der Waals surface area (Å²) in [6, 6.07) is 4.96. The number of hydrogen-bond donors (Lipinski definition) is 1. The van der Waals surface area contributed by atoms with E-state index in [1.54, 1.807) is 17.9 Å². The molecular formula is C19H22F3NO3. The molecule has 2 fully saturated rings. The quantitative estimate of drug-likeness (QED) is 0.875. The summed E-state index contributed by atoms with van der Waals surface area (Å²) in [4.78, 5) is 25.7. The van der Waals surface area contributed by atoms with E-state index in [0.29, 0.717) is 44.3 Å². The third-order valence-electron chi connectivity index (χ3n) is 5.88. The van der Waals surface area contributed by atoms with Gasteiger partial charge >= 0.3 is 12.1 Å². The van der Waals surface area contributed by atoms with Gasteiger partial charge in [-0.1, -0.05) is 25.1 Å². The second-order valence-corrected chi connectivity index (χ2v) is 7.37. The summed E-state index contributed by atoms with van der Waals surface area (Å²) in [5.74, 6) is -1.87. The second-order valence-electron chi connectivity index (χ2n) is 7.37. The number of halogens is 3. The van der Waals surface area contributed by atoms with Gasteiger partial charge in [0.05, 0.1) is 17.4 Å². The molecule has 1 amide bonds. The Hall–Kier alpha value is -2.05. The van der Waals surface area contributed by atoms with Gasteiger partial charge in [-0.3, -0.25) is 9.59 Å². The fourth-order valence-electron chi connectivity index (χ4n) is 4.13. The molecule has 1 aromatic rings. The molecule has 0 aromatic heterocycles. The Morgan fingerprint density at radius 1 is 1.31 bits per heavy atom. The molecule has 1 aliphatic carbocycles. The van der Waals surface area contributed by atoms with Crippen LogP contribution in [0.15, 0.2) is 24.3 Å². The number of rotatable bonds is 4. The molecule has 1 aliphatic heterocycles. The average Bonchev–Trinajstić information content (AvgIpc) is 3.29. The van der Waals surface area contributed by atoms with Crippen molar-refractivity contribution in [3.8, 4) is 0 Å². The van der Waals surface area contributed by atoms with E-state index in [2.05, 4.69) is 0 Å². The van der Waals surface area contributed by atoms with E-state index in [9.17, 15) is 22.8 Å². The van der Waals surface area contributed by atoms with Crippen LogP contribution in [0, 0.1) is 11.3 Å². The predicted molar refractivity (Wildman–Crippen MR) is 88.5 cm³/mol. The van der Waals surface area contributed by atoms with E-state index in [-0.39, 0.29) is 17.2 Å². The molecule has 2 aliphatic rings. The molecule has 7 heteroatoms. The molecule has 2 atom stereocenters. The minimum Gasteiger partial charge on any atom is -0.481 e. The number of carboxylic acid groups (broad SMARTS) is 1. The number of benzene rings is 1. The van der Waals surface area contributed by atoms with Crippen molar-refractivity contribution < 1.29 is 27.9 Å². The molecule has 1 N–H and O–H groups in total. The van der Waals surface area contributed by atoms with Crippen molar-refractivity contribution in [3.63, 3.8) is 0 Å². The number of likely N-dealkylation sites (tertiary alicyclic amines) is 1. The third kappa shape index (κ3) is 3.44. The Morgan fingerprint density at radius 2 is 1.96 bits per heavy atom. The zero-order valence-corrected chi connectivity index (χ0v) is 14.6. The molecule has 1 heterocycles. The van der Waals surface area contributed by atoms with Crippen LogP contribution >= 0.6 is 0 Å². The first-order valence-electron chi connectivity index (χ1n) is 8.87. The maximum Gasteiger partial charge on any atom is 0.416 e. The highest BCUT2D eigenvalue weighted by molar-refractivity contribution is 5.84. The number of carbonyl (C=O) groups excluding carboxylic acids is 1. The topological polar surface area (TPSA) is 57.6 Å². The maximum absolute atomic E-state index is 12.9. The minimum absolute atomic E-state index is 0.172. The Labute approximate surface area is 150 Å². The van der Waals surface area contributed by atoms with Crippen molar-refractivity contribution in [1.82, 2.24) is 4.90 Å². The van der Waals surface area contributed by atoms with E-state index in [4.69, 9.17) is 5.11 Å². The molecule has 0 radical (unpaired) electrons. The van der Waals surface area contributed by atoms with E-state index < -0.39 is 23.6 Å². The second kappa shape index (κ2) is 6.59. The van der Waals surface area contributed by atoms with Gasteiger partial charge in [0.15, 0.2) is 0 Å². The Balaban J connectivity index is 1.70. The number of carbonyl (C=O) groups is 2. The van der Waals surface area contributed by atoms with E-state index in [0.717, 1.165) is 12.1 Å². The molecule has 4 nitrogen and oxygen atoms in total. The van der Waals surface area contributed by atoms with E-state index in [1.807, 2.05) is 0 Å². The van der Waals surface area contributed by atoms with E-state index >= 15 is 0 Å². The minimum atomic E-state index is -4.44. The lowest BCUT2D eigenvalue weighted by molar-refractivity contribution is -0.140. The molecule has 0 bridgehead atoms. The van der Waals surface area contributed by atoms with Crippen molar-refractivity contribution >= 4 is 11.9 Å². The van der Waals surface area contributed by atoms with Crippen molar-refractivity contribution in [2.24, 2.45) is 11.3 Å². The van der Waals surface area contributed by atoms with Crippen LogP contribution in [0.4, 0.5) is 13.2 Å². The van der Waals surface area contributed by atoms with Gasteiger partial charge in [0, 0.05) is 13.1 Å². The van der Waals surface area contributed by atoms with E-state index in [1.165, 1.54) is 6.07 Å². The van der Waals surface area contributed by atoms with Gasteiger partial charge in [-0.2, -0.15) is 13.2 Å². The third-order valence-corrected chi connectivity index (χ3v) is 5.88. The van der Waals surface area contributed by atoms with Crippen LogP contribution in [0.2, 0.25) is 0 Å². The fourth-order valence-corrected chi connectivity index (χ4v) is 4.13. The van der Waals surface area contributed by atoms with Crippen LogP contribution in [-0.2, 0) is 15.8 Å². The number of amides is 1. The summed E-state index contributed by atoms with van der Waals surface area (Å²) in [5, 5.41) is 9.14. The van der Waals surface area contributed by atoms with Crippen molar-refractivity contribution in [2.45, 2.75) is 44.7 Å². The molecule has 26 heavy (non-hydrogen) atoms. The van der Waals surface area contributed by atoms with Crippen LogP contribution in [0.1, 0.15) is 49.7 Å². The highest BCUT2D eigenvalue weighted by Crippen LogP contribution is 2.59. The first-order chi connectivity index (χ1) is 12.2. The molecular weight excluding hydrogens is 347 g/mol. The summed E-state index contributed by atoms with van der Waals surface area (Å²) in [6.45, 7) is 2.73. The summed E-state index contributed by atoms with van der Waals surface area (Å²) in [6.07, 6.45) is -2.06. The number of nitrogens with zero attached hydrogens (tertiary/aromatic N) is 1. The van der Waals surface area contributed by atoms with Gasteiger partial charge in [-0.05, 0) is 42.7 Å². The molecule has 1 saturated heterocycles. The van der Waals surface area contributed by atoms with Gasteiger partial charge < -0.3 is 10.0 Å². The van der Waals surface area contributed by atoms with Gasteiger partial charge in [0.2, 0.25) is 5.91 Å². The summed E-state index contributed by atoms with van der Waals surface area (Å²) >= 11 is 0. The first-order valence-corrected chi connectivity index (χ1v) is 8.87. The normalized spacial score (nSPS) is 22.9. The maximum atomic E-state index is 12.9. The molecule has 3 rings (SSSR count). The predicted octanol–water partition coefficient (Wildman–Crippen LogP) is 3.91. The Bertz CT molecular complexity index is 708. The van der Waals surface area contributed by atoms with Crippen molar-refractivity contribution in [1.29, 1.82) is 0 Å². The summed E-state index contributed by atoms with van der Waals surface area (Å²) in [7, 11) is 0. The van der Waals surface area contributed by atoms with Crippen LogP contribution < -0.4 is 0 Å². The molecule has 1 spiro atoms. The number of piperidine rings is 1. The summed E-state index contributed by atoms with van der Waals surface area (Å²) < 4.78 is 38.8. The number of hydrogen-bond acceptors (Lipinski definition) is 2. The molecule has 1 saturated carbocycles.